The van der Waals surface area contributed by atoms with Crippen LogP contribution in [0.3, 0.4) is 0 Å². The molecule has 1 aromatic carbocycles. The largest absolute Gasteiger partial charge is 0.493 e. The summed E-state index contributed by atoms with van der Waals surface area (Å²) in [5.41, 5.74) is -0.173. The highest BCUT2D eigenvalue weighted by molar-refractivity contribution is 5.56. The number of benzene rings is 1. The fourth-order valence-corrected chi connectivity index (χ4v) is 2.06. The lowest BCUT2D eigenvalue weighted by Crippen LogP contribution is -2.25. The van der Waals surface area contributed by atoms with Gasteiger partial charge in [0.25, 0.3) is 0 Å². The van der Waals surface area contributed by atoms with Crippen molar-refractivity contribution in [2.45, 2.75) is 18.4 Å². The minimum absolute atomic E-state index is 0.0686. The summed E-state index contributed by atoms with van der Waals surface area (Å²) in [4.78, 5) is 0. The van der Waals surface area contributed by atoms with Gasteiger partial charge in [-0.2, -0.15) is 13.2 Å². The van der Waals surface area contributed by atoms with Crippen molar-refractivity contribution in [2.24, 2.45) is 0 Å². The van der Waals surface area contributed by atoms with E-state index in [1.807, 2.05) is 0 Å². The Bertz CT molecular complexity index is 514. The molecular formula is C14H17F3O5. The van der Waals surface area contributed by atoms with Crippen LogP contribution in [0, 0.1) is 0 Å². The van der Waals surface area contributed by atoms with Gasteiger partial charge in [0.15, 0.2) is 17.6 Å². The van der Waals surface area contributed by atoms with Gasteiger partial charge in [-0.05, 0) is 12.1 Å². The number of hydrogen-bond acceptors (Lipinski definition) is 5. The first kappa shape index (κ1) is 16.7. The quantitative estimate of drug-likeness (QED) is 0.723. The van der Waals surface area contributed by atoms with Crippen LogP contribution in [-0.2, 0) is 9.47 Å². The summed E-state index contributed by atoms with van der Waals surface area (Å²) >= 11 is 0. The van der Waals surface area contributed by atoms with E-state index in [9.17, 15) is 13.2 Å². The topological polar surface area (TPSA) is 49.5 Å². The molecule has 2 rings (SSSR count). The Morgan fingerprint density at radius 3 is 2.23 bits per heavy atom. The number of methoxy groups -OCH3 is 3. The first-order chi connectivity index (χ1) is 10.4. The molecule has 2 atom stereocenters. The van der Waals surface area contributed by atoms with Gasteiger partial charge >= 0.3 is 6.18 Å². The maximum atomic E-state index is 13.3. The SMILES string of the molecule is COc1ccc(C(OCC2CO2)C(F)(F)F)c(OC)c1OC. The fraction of sp³-hybridized carbons (Fsp3) is 0.571. The van der Waals surface area contributed by atoms with Crippen LogP contribution < -0.4 is 14.2 Å². The maximum absolute atomic E-state index is 13.3. The van der Waals surface area contributed by atoms with Crippen LogP contribution in [0.2, 0.25) is 0 Å². The average molecular weight is 322 g/mol. The zero-order valence-electron chi connectivity index (χ0n) is 12.4. The highest BCUT2D eigenvalue weighted by Crippen LogP contribution is 2.47. The zero-order chi connectivity index (χ0) is 16.3. The van der Waals surface area contributed by atoms with Crippen molar-refractivity contribution < 1.29 is 36.9 Å². The van der Waals surface area contributed by atoms with Crippen LogP contribution in [0.5, 0.6) is 17.2 Å². The van der Waals surface area contributed by atoms with Crippen molar-refractivity contribution in [3.63, 3.8) is 0 Å². The summed E-state index contributed by atoms with van der Waals surface area (Å²) in [5, 5.41) is 0. The Hall–Kier alpha value is -1.67. The molecule has 1 aromatic rings. The van der Waals surface area contributed by atoms with Crippen LogP contribution in [0.25, 0.3) is 0 Å². The molecule has 0 saturated carbocycles. The molecule has 0 aliphatic carbocycles. The predicted octanol–water partition coefficient (Wildman–Crippen LogP) is 2.73. The van der Waals surface area contributed by atoms with Gasteiger partial charge < -0.3 is 23.7 Å². The molecule has 0 radical (unpaired) electrons. The lowest BCUT2D eigenvalue weighted by molar-refractivity contribution is -0.225. The van der Waals surface area contributed by atoms with Gasteiger partial charge in [-0.1, -0.05) is 0 Å². The first-order valence-corrected chi connectivity index (χ1v) is 6.51. The highest BCUT2D eigenvalue weighted by atomic mass is 19.4. The van der Waals surface area contributed by atoms with E-state index in [0.717, 1.165) is 0 Å². The van der Waals surface area contributed by atoms with Gasteiger partial charge in [0.2, 0.25) is 5.75 Å². The Kier molecular flexibility index (Phi) is 5.02. The Balaban J connectivity index is 2.40. The van der Waals surface area contributed by atoms with E-state index in [2.05, 4.69) is 0 Å². The molecule has 0 amide bonds. The number of rotatable bonds is 7. The van der Waals surface area contributed by atoms with Crippen LogP contribution in [0.15, 0.2) is 12.1 Å². The van der Waals surface area contributed by atoms with Crippen LogP contribution in [0.4, 0.5) is 13.2 Å². The van der Waals surface area contributed by atoms with Gasteiger partial charge in [-0.25, -0.2) is 0 Å². The Morgan fingerprint density at radius 2 is 1.77 bits per heavy atom. The summed E-state index contributed by atoms with van der Waals surface area (Å²) in [6, 6.07) is 2.64. The van der Waals surface area contributed by atoms with Gasteiger partial charge in [-0.15, -0.1) is 0 Å². The van der Waals surface area contributed by atoms with E-state index in [4.69, 9.17) is 23.7 Å². The summed E-state index contributed by atoms with van der Waals surface area (Å²) < 4.78 is 65.1. The van der Waals surface area contributed by atoms with E-state index in [1.165, 1.54) is 33.5 Å². The lowest BCUT2D eigenvalue weighted by atomic mass is 10.1. The second kappa shape index (κ2) is 6.62. The minimum atomic E-state index is -4.60. The molecule has 0 N–H and O–H groups in total. The van der Waals surface area contributed by atoms with Crippen molar-refractivity contribution in [2.75, 3.05) is 34.5 Å². The number of epoxide rings is 1. The van der Waals surface area contributed by atoms with E-state index in [-0.39, 0.29) is 35.5 Å². The molecule has 5 nitrogen and oxygen atoms in total. The third-order valence-electron chi connectivity index (χ3n) is 3.17. The third kappa shape index (κ3) is 3.56. The molecule has 1 saturated heterocycles. The van der Waals surface area contributed by atoms with E-state index < -0.39 is 12.3 Å². The molecule has 0 aromatic heterocycles. The monoisotopic (exact) mass is 322 g/mol. The van der Waals surface area contributed by atoms with Crippen LogP contribution >= 0.6 is 0 Å². The Labute approximate surface area is 125 Å². The summed E-state index contributed by atoms with van der Waals surface area (Å²) in [6.07, 6.45) is -7.01. The van der Waals surface area contributed by atoms with Gasteiger partial charge in [0.05, 0.1) is 34.5 Å². The molecule has 1 fully saturated rings. The number of halogens is 3. The second-order valence-electron chi connectivity index (χ2n) is 4.63. The molecule has 0 bridgehead atoms. The lowest BCUT2D eigenvalue weighted by Gasteiger charge is -2.24. The third-order valence-corrected chi connectivity index (χ3v) is 3.17. The average Bonchev–Trinajstić information content (AvgIpc) is 3.29. The molecule has 2 unspecified atom stereocenters. The van der Waals surface area contributed by atoms with Crippen molar-refractivity contribution >= 4 is 0 Å². The number of ether oxygens (including phenoxy) is 5. The van der Waals surface area contributed by atoms with Crippen LogP contribution in [0.1, 0.15) is 11.7 Å². The minimum Gasteiger partial charge on any atom is -0.493 e. The zero-order valence-corrected chi connectivity index (χ0v) is 12.4. The van der Waals surface area contributed by atoms with E-state index >= 15 is 0 Å². The number of alkyl halides is 3. The summed E-state index contributed by atoms with van der Waals surface area (Å²) in [7, 11) is 3.98. The molecule has 124 valence electrons. The van der Waals surface area contributed by atoms with E-state index in [0.29, 0.717) is 6.61 Å². The number of hydrogen-bond donors (Lipinski definition) is 0. The van der Waals surface area contributed by atoms with Crippen molar-refractivity contribution in [1.29, 1.82) is 0 Å². The predicted molar refractivity (Wildman–Crippen MR) is 70.6 cm³/mol. The molecule has 1 aliphatic heterocycles. The van der Waals surface area contributed by atoms with Crippen molar-refractivity contribution in [3.8, 4) is 17.2 Å². The molecular weight excluding hydrogens is 305 g/mol. The molecule has 1 heterocycles. The first-order valence-electron chi connectivity index (χ1n) is 6.51. The van der Waals surface area contributed by atoms with Gasteiger partial charge in [-0.3, -0.25) is 0 Å². The maximum Gasteiger partial charge on any atom is 0.419 e. The molecule has 1 aliphatic rings. The molecule has 0 spiro atoms. The van der Waals surface area contributed by atoms with Gasteiger partial charge in [0.1, 0.15) is 6.10 Å². The van der Waals surface area contributed by atoms with E-state index in [1.54, 1.807) is 0 Å². The standard InChI is InChI=1S/C14H17F3O5/c1-18-10-5-4-9(11(19-2)12(10)20-3)13(14(15,16)17)22-7-8-6-21-8/h4-5,8,13H,6-7H2,1-3H3. The molecule has 8 heteroatoms. The Morgan fingerprint density at radius 1 is 1.14 bits per heavy atom. The normalized spacial score (nSPS) is 18.7. The second-order valence-corrected chi connectivity index (χ2v) is 4.63. The summed E-state index contributed by atoms with van der Waals surface area (Å²) in [6.45, 7) is 0.273. The van der Waals surface area contributed by atoms with Gasteiger partial charge in [0, 0.05) is 5.56 Å². The smallest absolute Gasteiger partial charge is 0.419 e. The fourth-order valence-electron chi connectivity index (χ4n) is 2.06. The van der Waals surface area contributed by atoms with Crippen molar-refractivity contribution in [3.05, 3.63) is 17.7 Å². The van der Waals surface area contributed by atoms with Crippen LogP contribution in [-0.4, -0.2) is 46.8 Å². The summed E-state index contributed by atoms with van der Waals surface area (Å²) in [5.74, 6) is 0.290. The molecule has 22 heavy (non-hydrogen) atoms. The highest BCUT2D eigenvalue weighted by Gasteiger charge is 2.45. The van der Waals surface area contributed by atoms with Crippen molar-refractivity contribution in [1.82, 2.24) is 0 Å².